The summed E-state index contributed by atoms with van der Waals surface area (Å²) in [6.45, 7) is 7.82. The van der Waals surface area contributed by atoms with Crippen LogP contribution >= 0.6 is 27.3 Å². The number of rotatable bonds is 7. The van der Waals surface area contributed by atoms with Crippen LogP contribution in [0, 0.1) is 13.8 Å². The van der Waals surface area contributed by atoms with Crippen LogP contribution in [0.25, 0.3) is 11.3 Å². The highest BCUT2D eigenvalue weighted by molar-refractivity contribution is 9.10. The summed E-state index contributed by atoms with van der Waals surface area (Å²) in [5.41, 5.74) is 3.73. The maximum Gasteiger partial charge on any atom is 0.264 e. The van der Waals surface area contributed by atoms with Crippen LogP contribution in [-0.2, 0) is 4.79 Å². The number of aromatic nitrogens is 1. The number of carbonyl (C=O) groups excluding carboxylic acids is 1. The van der Waals surface area contributed by atoms with Crippen molar-refractivity contribution in [1.82, 2.24) is 4.98 Å². The van der Waals surface area contributed by atoms with Gasteiger partial charge in [0.15, 0.2) is 11.7 Å². The standard InChI is InChI=1S/C22H23BrN2O3S/c1-13(2)28-18-7-5-16(6-8-18)19-12-29-22(24-19)25-20(26)11-27-21-14(3)9-17(23)10-15(21)4/h5-10,12-13H,11H2,1-4H3,(H,24,25,26). The zero-order valence-electron chi connectivity index (χ0n) is 16.8. The number of benzene rings is 2. The minimum atomic E-state index is -0.242. The van der Waals surface area contributed by atoms with Crippen molar-refractivity contribution in [3.8, 4) is 22.8 Å². The maximum atomic E-state index is 12.3. The number of hydrogen-bond acceptors (Lipinski definition) is 5. The van der Waals surface area contributed by atoms with E-state index in [0.29, 0.717) is 5.13 Å². The molecule has 5 nitrogen and oxygen atoms in total. The van der Waals surface area contributed by atoms with Gasteiger partial charge in [-0.15, -0.1) is 11.3 Å². The van der Waals surface area contributed by atoms with E-state index in [0.717, 1.165) is 38.4 Å². The van der Waals surface area contributed by atoms with Gasteiger partial charge in [0.05, 0.1) is 11.8 Å². The van der Waals surface area contributed by atoms with Crippen LogP contribution in [0.4, 0.5) is 5.13 Å². The molecule has 0 aliphatic heterocycles. The van der Waals surface area contributed by atoms with E-state index in [-0.39, 0.29) is 18.6 Å². The highest BCUT2D eigenvalue weighted by Gasteiger charge is 2.11. The summed E-state index contributed by atoms with van der Waals surface area (Å²) in [6.07, 6.45) is 0.133. The monoisotopic (exact) mass is 474 g/mol. The molecule has 0 spiro atoms. The summed E-state index contributed by atoms with van der Waals surface area (Å²) in [4.78, 5) is 16.8. The largest absolute Gasteiger partial charge is 0.491 e. The van der Waals surface area contributed by atoms with Gasteiger partial charge in [0.2, 0.25) is 0 Å². The second-order valence-electron chi connectivity index (χ2n) is 6.93. The van der Waals surface area contributed by atoms with Crippen molar-refractivity contribution in [1.29, 1.82) is 0 Å². The van der Waals surface area contributed by atoms with Gasteiger partial charge < -0.3 is 9.47 Å². The van der Waals surface area contributed by atoms with E-state index in [2.05, 4.69) is 26.2 Å². The van der Waals surface area contributed by atoms with Crippen molar-refractivity contribution >= 4 is 38.3 Å². The molecule has 0 saturated carbocycles. The van der Waals surface area contributed by atoms with Gasteiger partial charge in [-0.3, -0.25) is 10.1 Å². The molecule has 0 aliphatic rings. The molecule has 0 atom stereocenters. The molecule has 2 aromatic carbocycles. The van der Waals surface area contributed by atoms with Gasteiger partial charge >= 0.3 is 0 Å². The van der Waals surface area contributed by atoms with Crippen molar-refractivity contribution in [3.63, 3.8) is 0 Å². The first kappa shape index (κ1) is 21.3. The Morgan fingerprint density at radius 3 is 2.45 bits per heavy atom. The molecule has 3 rings (SSSR count). The Balaban J connectivity index is 1.59. The lowest BCUT2D eigenvalue weighted by atomic mass is 10.1. The van der Waals surface area contributed by atoms with E-state index < -0.39 is 0 Å². The SMILES string of the molecule is Cc1cc(Br)cc(C)c1OCC(=O)Nc1nc(-c2ccc(OC(C)C)cc2)cs1. The van der Waals surface area contributed by atoms with E-state index in [1.807, 2.05) is 69.5 Å². The van der Waals surface area contributed by atoms with E-state index in [9.17, 15) is 4.79 Å². The van der Waals surface area contributed by atoms with Crippen LogP contribution < -0.4 is 14.8 Å². The number of halogens is 1. The minimum absolute atomic E-state index is 0.0700. The van der Waals surface area contributed by atoms with Crippen molar-refractivity contribution in [3.05, 3.63) is 57.4 Å². The molecule has 0 unspecified atom stereocenters. The number of nitrogens with one attached hydrogen (secondary N) is 1. The summed E-state index contributed by atoms with van der Waals surface area (Å²) in [5.74, 6) is 1.31. The van der Waals surface area contributed by atoms with Gasteiger partial charge in [0.25, 0.3) is 5.91 Å². The second kappa shape index (κ2) is 9.41. The molecular weight excluding hydrogens is 452 g/mol. The number of anilines is 1. The molecule has 0 saturated heterocycles. The zero-order valence-corrected chi connectivity index (χ0v) is 19.2. The van der Waals surface area contributed by atoms with Gasteiger partial charge in [0.1, 0.15) is 11.5 Å². The third-order valence-corrected chi connectivity index (χ3v) is 5.26. The minimum Gasteiger partial charge on any atom is -0.491 e. The molecule has 7 heteroatoms. The molecule has 1 amide bonds. The summed E-state index contributed by atoms with van der Waals surface area (Å²) < 4.78 is 12.4. The van der Waals surface area contributed by atoms with Crippen molar-refractivity contribution in [2.45, 2.75) is 33.8 Å². The van der Waals surface area contributed by atoms with Crippen LogP contribution in [0.3, 0.4) is 0 Å². The highest BCUT2D eigenvalue weighted by atomic mass is 79.9. The molecule has 1 N–H and O–H groups in total. The van der Waals surface area contributed by atoms with Crippen LogP contribution in [0.2, 0.25) is 0 Å². The first-order valence-electron chi connectivity index (χ1n) is 9.24. The van der Waals surface area contributed by atoms with Gasteiger partial charge in [-0.25, -0.2) is 4.98 Å². The Hall–Kier alpha value is -2.38. The van der Waals surface area contributed by atoms with Gasteiger partial charge in [0, 0.05) is 15.4 Å². The normalized spacial score (nSPS) is 10.8. The summed E-state index contributed by atoms with van der Waals surface area (Å²) in [6, 6.07) is 11.7. The average molecular weight is 475 g/mol. The quantitative estimate of drug-likeness (QED) is 0.456. The Bertz CT molecular complexity index is 977. The number of nitrogens with zero attached hydrogens (tertiary/aromatic N) is 1. The van der Waals surface area contributed by atoms with Gasteiger partial charge in [-0.2, -0.15) is 0 Å². The number of thiazole rings is 1. The van der Waals surface area contributed by atoms with Crippen molar-refractivity contribution in [2.24, 2.45) is 0 Å². The predicted molar refractivity (Wildman–Crippen MR) is 121 cm³/mol. The molecule has 152 valence electrons. The Labute approximate surface area is 183 Å². The smallest absolute Gasteiger partial charge is 0.264 e. The summed E-state index contributed by atoms with van der Waals surface area (Å²) in [7, 11) is 0. The molecule has 1 heterocycles. The van der Waals surface area contributed by atoms with Crippen LogP contribution in [0.15, 0.2) is 46.3 Å². The van der Waals surface area contributed by atoms with Crippen molar-refractivity contribution < 1.29 is 14.3 Å². The first-order chi connectivity index (χ1) is 13.8. The summed E-state index contributed by atoms with van der Waals surface area (Å²) in [5, 5.41) is 5.26. The van der Waals surface area contributed by atoms with Crippen molar-refractivity contribution in [2.75, 3.05) is 11.9 Å². The zero-order chi connectivity index (χ0) is 21.0. The fraction of sp³-hybridized carbons (Fsp3) is 0.273. The van der Waals surface area contributed by atoms with Crippen LogP contribution in [0.5, 0.6) is 11.5 Å². The third-order valence-electron chi connectivity index (χ3n) is 4.05. The Kier molecular flexibility index (Phi) is 6.92. The Morgan fingerprint density at radius 2 is 1.83 bits per heavy atom. The van der Waals surface area contributed by atoms with E-state index in [4.69, 9.17) is 9.47 Å². The second-order valence-corrected chi connectivity index (χ2v) is 8.71. The number of ether oxygens (including phenoxy) is 2. The predicted octanol–water partition coefficient (Wildman–Crippen LogP) is 5.99. The average Bonchev–Trinajstić information content (AvgIpc) is 3.09. The number of hydrogen-bond donors (Lipinski definition) is 1. The van der Waals surface area contributed by atoms with Gasteiger partial charge in [-0.05, 0) is 75.2 Å². The highest BCUT2D eigenvalue weighted by Crippen LogP contribution is 2.28. The molecule has 1 aromatic heterocycles. The molecular formula is C22H23BrN2O3S. The Morgan fingerprint density at radius 1 is 1.17 bits per heavy atom. The number of aryl methyl sites for hydroxylation is 2. The van der Waals surface area contributed by atoms with E-state index in [1.165, 1.54) is 11.3 Å². The van der Waals surface area contributed by atoms with E-state index >= 15 is 0 Å². The lowest BCUT2D eigenvalue weighted by Gasteiger charge is -2.12. The summed E-state index contributed by atoms with van der Waals surface area (Å²) >= 11 is 4.84. The van der Waals surface area contributed by atoms with Gasteiger partial charge in [-0.1, -0.05) is 15.9 Å². The lowest BCUT2D eigenvalue weighted by Crippen LogP contribution is -2.20. The molecule has 0 aliphatic carbocycles. The first-order valence-corrected chi connectivity index (χ1v) is 10.9. The molecule has 0 fully saturated rings. The molecule has 29 heavy (non-hydrogen) atoms. The topological polar surface area (TPSA) is 60.5 Å². The fourth-order valence-electron chi connectivity index (χ4n) is 2.86. The third kappa shape index (κ3) is 5.81. The number of amides is 1. The molecule has 0 bridgehead atoms. The van der Waals surface area contributed by atoms with E-state index in [1.54, 1.807) is 0 Å². The maximum absolute atomic E-state index is 12.3. The van der Waals surface area contributed by atoms with Crippen LogP contribution in [0.1, 0.15) is 25.0 Å². The lowest BCUT2D eigenvalue weighted by molar-refractivity contribution is -0.118. The molecule has 3 aromatic rings. The molecule has 0 radical (unpaired) electrons. The fourth-order valence-corrected chi connectivity index (χ4v) is 4.28. The number of carbonyl (C=O) groups is 1. The van der Waals surface area contributed by atoms with Crippen LogP contribution in [-0.4, -0.2) is 23.6 Å².